The van der Waals surface area contributed by atoms with Crippen molar-refractivity contribution in [3.05, 3.63) is 0 Å². The first kappa shape index (κ1) is 16.4. The molecule has 88 valence electrons. The first-order valence-corrected chi connectivity index (χ1v) is 6.65. The van der Waals surface area contributed by atoms with Gasteiger partial charge < -0.3 is 0 Å². The van der Waals surface area contributed by atoms with Crippen LogP contribution in [0.3, 0.4) is 0 Å². The van der Waals surface area contributed by atoms with E-state index in [1.54, 1.807) is 0 Å². The Kier molecular flexibility index (Phi) is 18.2. The Balaban J connectivity index is 0. The van der Waals surface area contributed by atoms with Gasteiger partial charge in [0, 0.05) is 0 Å². The maximum atomic E-state index is 2.27. The Morgan fingerprint density at radius 2 is 0.786 bits per heavy atom. The normalized spacial score (nSPS) is 9.86. The van der Waals surface area contributed by atoms with E-state index in [-0.39, 0.29) is 0 Å². The highest BCUT2D eigenvalue weighted by molar-refractivity contribution is 4.43. The molecule has 0 saturated carbocycles. The molecule has 0 aromatic carbocycles. The van der Waals surface area contributed by atoms with Crippen LogP contribution in [-0.4, -0.2) is 0 Å². The van der Waals surface area contributed by atoms with Crippen LogP contribution in [0.15, 0.2) is 0 Å². The second-order valence-electron chi connectivity index (χ2n) is 4.85. The van der Waals surface area contributed by atoms with Gasteiger partial charge in [-0.1, -0.05) is 86.0 Å². The van der Waals surface area contributed by atoms with Gasteiger partial charge in [0.2, 0.25) is 0 Å². The Morgan fingerprint density at radius 1 is 0.571 bits per heavy atom. The van der Waals surface area contributed by atoms with Crippen LogP contribution in [-0.2, 0) is 0 Å². The number of hydrogen-bond acceptors (Lipinski definition) is 0. The van der Waals surface area contributed by atoms with E-state index in [0.29, 0.717) is 0 Å². The van der Waals surface area contributed by atoms with Crippen LogP contribution < -0.4 is 0 Å². The lowest BCUT2D eigenvalue weighted by molar-refractivity contribution is 0.585. The van der Waals surface area contributed by atoms with Crippen molar-refractivity contribution < 1.29 is 0 Å². The van der Waals surface area contributed by atoms with Gasteiger partial charge in [0.1, 0.15) is 0 Å². The van der Waals surface area contributed by atoms with Gasteiger partial charge in [0.15, 0.2) is 0 Å². The summed E-state index contributed by atoms with van der Waals surface area (Å²) in [6.07, 6.45) is 11.5. The molecule has 14 heavy (non-hydrogen) atoms. The molecule has 0 aliphatic carbocycles. The standard InChI is InChI=1S/C10H22.C4H10/c1-3-5-7-9-10-8-6-4-2;1-4(2)3/h3-10H2,1-2H3;4H,1-3H3. The Hall–Kier alpha value is 0. The van der Waals surface area contributed by atoms with Crippen LogP contribution in [0, 0.1) is 5.92 Å². The van der Waals surface area contributed by atoms with Crippen molar-refractivity contribution in [3.63, 3.8) is 0 Å². The van der Waals surface area contributed by atoms with Gasteiger partial charge in [-0.3, -0.25) is 0 Å². The molecule has 0 heterocycles. The minimum Gasteiger partial charge on any atom is -0.0654 e. The van der Waals surface area contributed by atoms with E-state index in [1.165, 1.54) is 51.4 Å². The van der Waals surface area contributed by atoms with Crippen LogP contribution >= 0.6 is 0 Å². The third-order valence-electron chi connectivity index (χ3n) is 1.96. The maximum absolute atomic E-state index is 2.27. The van der Waals surface area contributed by atoms with E-state index in [2.05, 4.69) is 34.6 Å². The van der Waals surface area contributed by atoms with Crippen LogP contribution in [0.1, 0.15) is 86.0 Å². The average Bonchev–Trinajstić information content (AvgIpc) is 2.10. The summed E-state index contributed by atoms with van der Waals surface area (Å²) in [7, 11) is 0. The monoisotopic (exact) mass is 200 g/mol. The molecule has 0 aromatic heterocycles. The van der Waals surface area contributed by atoms with E-state index in [0.717, 1.165) is 5.92 Å². The largest absolute Gasteiger partial charge is 0.0654 e. The molecule has 0 spiro atoms. The minimum absolute atomic E-state index is 0.833. The predicted octanol–water partition coefficient (Wildman–Crippen LogP) is 5.81. The third kappa shape index (κ3) is 29.6. The van der Waals surface area contributed by atoms with Gasteiger partial charge in [-0.2, -0.15) is 0 Å². The quantitative estimate of drug-likeness (QED) is 0.455. The highest BCUT2D eigenvalue weighted by Gasteiger charge is 1.87. The summed E-state index contributed by atoms with van der Waals surface area (Å²) in [5, 5.41) is 0. The van der Waals surface area contributed by atoms with E-state index >= 15 is 0 Å². The lowest BCUT2D eigenvalue weighted by Gasteiger charge is -1.97. The summed E-state index contributed by atoms with van der Waals surface area (Å²) in [6, 6.07) is 0. The number of hydrogen-bond donors (Lipinski definition) is 0. The van der Waals surface area contributed by atoms with Crippen molar-refractivity contribution >= 4 is 0 Å². The molecule has 0 heteroatoms. The Bertz CT molecular complexity index is 63.4. The van der Waals surface area contributed by atoms with Crippen LogP contribution in [0.2, 0.25) is 0 Å². The van der Waals surface area contributed by atoms with Crippen molar-refractivity contribution in [2.24, 2.45) is 5.92 Å². The SMILES string of the molecule is CC(C)C.CCCCCCCCCC. The molecule has 0 amide bonds. The zero-order chi connectivity index (χ0) is 11.2. The lowest BCUT2D eigenvalue weighted by atomic mass is 10.1. The van der Waals surface area contributed by atoms with Crippen LogP contribution in [0.25, 0.3) is 0 Å². The molecule has 0 atom stereocenters. The fourth-order valence-electron chi connectivity index (χ4n) is 1.21. The second-order valence-corrected chi connectivity index (χ2v) is 4.85. The zero-order valence-electron chi connectivity index (χ0n) is 11.2. The second kappa shape index (κ2) is 15.5. The molecule has 0 saturated heterocycles. The van der Waals surface area contributed by atoms with Gasteiger partial charge >= 0.3 is 0 Å². The number of rotatable bonds is 7. The summed E-state index contributed by atoms with van der Waals surface area (Å²) in [4.78, 5) is 0. The van der Waals surface area contributed by atoms with Crippen molar-refractivity contribution in [2.45, 2.75) is 86.0 Å². The highest BCUT2D eigenvalue weighted by Crippen LogP contribution is 2.07. The summed E-state index contributed by atoms with van der Waals surface area (Å²) in [5.74, 6) is 0.833. The van der Waals surface area contributed by atoms with Gasteiger partial charge in [-0.05, 0) is 5.92 Å². The summed E-state index contributed by atoms with van der Waals surface area (Å²) in [5.41, 5.74) is 0. The summed E-state index contributed by atoms with van der Waals surface area (Å²) in [6.45, 7) is 11.0. The smallest absolute Gasteiger partial charge is 0.0500 e. The summed E-state index contributed by atoms with van der Waals surface area (Å²) >= 11 is 0. The van der Waals surface area contributed by atoms with E-state index in [9.17, 15) is 0 Å². The minimum atomic E-state index is 0.833. The lowest BCUT2D eigenvalue weighted by Crippen LogP contribution is -1.77. The molecule has 0 unspecified atom stereocenters. The Morgan fingerprint density at radius 3 is 1.00 bits per heavy atom. The third-order valence-corrected chi connectivity index (χ3v) is 1.96. The average molecular weight is 200 g/mol. The molecule has 0 nitrogen and oxygen atoms in total. The molecular weight excluding hydrogens is 168 g/mol. The molecule has 0 fully saturated rings. The molecule has 0 rings (SSSR count). The molecular formula is C14H32. The predicted molar refractivity (Wildman–Crippen MR) is 68.8 cm³/mol. The molecule has 0 aliphatic rings. The van der Waals surface area contributed by atoms with Crippen molar-refractivity contribution in [2.75, 3.05) is 0 Å². The molecule has 0 aromatic rings. The first-order chi connectivity index (χ1) is 6.65. The van der Waals surface area contributed by atoms with Crippen LogP contribution in [0.4, 0.5) is 0 Å². The maximum Gasteiger partial charge on any atom is -0.0500 e. The molecule has 0 aliphatic heterocycles. The fourth-order valence-corrected chi connectivity index (χ4v) is 1.21. The van der Waals surface area contributed by atoms with Crippen LogP contribution in [0.5, 0.6) is 0 Å². The number of unbranched alkanes of at least 4 members (excludes halogenated alkanes) is 7. The van der Waals surface area contributed by atoms with Gasteiger partial charge in [-0.25, -0.2) is 0 Å². The molecule has 0 N–H and O–H groups in total. The van der Waals surface area contributed by atoms with E-state index in [1.807, 2.05) is 0 Å². The van der Waals surface area contributed by atoms with Gasteiger partial charge in [-0.15, -0.1) is 0 Å². The fraction of sp³-hybridized carbons (Fsp3) is 1.00. The van der Waals surface area contributed by atoms with Gasteiger partial charge in [0.25, 0.3) is 0 Å². The molecule has 0 bridgehead atoms. The first-order valence-electron chi connectivity index (χ1n) is 6.65. The van der Waals surface area contributed by atoms with Crippen molar-refractivity contribution in [1.29, 1.82) is 0 Å². The highest BCUT2D eigenvalue weighted by atomic mass is 13.9. The zero-order valence-corrected chi connectivity index (χ0v) is 11.2. The topological polar surface area (TPSA) is 0 Å². The van der Waals surface area contributed by atoms with Crippen molar-refractivity contribution in [3.8, 4) is 0 Å². The van der Waals surface area contributed by atoms with Gasteiger partial charge in [0.05, 0.1) is 0 Å². The van der Waals surface area contributed by atoms with E-state index < -0.39 is 0 Å². The molecule has 0 radical (unpaired) electrons. The Labute approximate surface area is 92.5 Å². The van der Waals surface area contributed by atoms with Crippen molar-refractivity contribution in [1.82, 2.24) is 0 Å². The summed E-state index contributed by atoms with van der Waals surface area (Å²) < 4.78 is 0. The van der Waals surface area contributed by atoms with E-state index in [4.69, 9.17) is 0 Å².